The number of carbonyl (C=O) groups is 2. The predicted molar refractivity (Wildman–Crippen MR) is 145 cm³/mol. The molecule has 4 rings (SSSR count). The molecule has 0 unspecified atom stereocenters. The zero-order valence-electron chi connectivity index (χ0n) is 21.7. The Morgan fingerprint density at radius 3 is 2.54 bits per heavy atom. The molecule has 2 heterocycles. The van der Waals surface area contributed by atoms with Gasteiger partial charge in [-0.1, -0.05) is 18.2 Å². The van der Waals surface area contributed by atoms with Crippen LogP contribution in [0.4, 0.5) is 11.4 Å². The van der Waals surface area contributed by atoms with Gasteiger partial charge in [-0.05, 0) is 94.7 Å². The molecule has 2 aliphatic heterocycles. The number of phenolic OH excluding ortho intramolecular Hbond substituents is 1. The van der Waals surface area contributed by atoms with Gasteiger partial charge in [0.05, 0.1) is 24.5 Å². The van der Waals surface area contributed by atoms with Gasteiger partial charge in [0.1, 0.15) is 11.6 Å². The number of rotatable bonds is 8. The van der Waals surface area contributed by atoms with Crippen LogP contribution in [0.3, 0.4) is 0 Å². The first kappa shape index (κ1) is 26.3. The summed E-state index contributed by atoms with van der Waals surface area (Å²) in [6, 6.07) is 11.3. The Labute approximate surface area is 216 Å². The molecule has 0 aliphatic carbocycles. The quantitative estimate of drug-likeness (QED) is 0.372. The number of amides is 1. The van der Waals surface area contributed by atoms with E-state index >= 15 is 0 Å². The first-order valence-electron chi connectivity index (χ1n) is 12.4. The molecule has 3 N–H and O–H groups in total. The van der Waals surface area contributed by atoms with Crippen LogP contribution in [0.15, 0.2) is 46.5 Å². The zero-order chi connectivity index (χ0) is 26.7. The van der Waals surface area contributed by atoms with E-state index in [1.165, 1.54) is 0 Å². The van der Waals surface area contributed by atoms with E-state index in [9.17, 15) is 14.7 Å². The van der Waals surface area contributed by atoms with Gasteiger partial charge in [0, 0.05) is 0 Å². The fourth-order valence-corrected chi connectivity index (χ4v) is 4.72. The number of aromatic hydroxyl groups is 1. The number of likely N-dealkylation sites (tertiary alicyclic amines) is 1. The van der Waals surface area contributed by atoms with Crippen molar-refractivity contribution in [2.24, 2.45) is 10.1 Å². The predicted octanol–water partition coefficient (Wildman–Crippen LogP) is 3.01. The molecule has 0 bridgehead atoms. The fourth-order valence-electron chi connectivity index (χ4n) is 4.72. The van der Waals surface area contributed by atoms with E-state index in [0.717, 1.165) is 35.2 Å². The highest BCUT2D eigenvalue weighted by Crippen LogP contribution is 2.38. The van der Waals surface area contributed by atoms with Crippen LogP contribution in [-0.2, 0) is 9.59 Å². The summed E-state index contributed by atoms with van der Waals surface area (Å²) in [4.78, 5) is 34.2. The van der Waals surface area contributed by atoms with E-state index in [1.807, 2.05) is 68.1 Å². The second-order valence-electron chi connectivity index (χ2n) is 9.91. The molecule has 2 aromatic carbocycles. The summed E-state index contributed by atoms with van der Waals surface area (Å²) in [6.45, 7) is 5.83. The van der Waals surface area contributed by atoms with E-state index in [1.54, 1.807) is 11.0 Å². The summed E-state index contributed by atoms with van der Waals surface area (Å²) >= 11 is 0. The minimum Gasteiger partial charge on any atom is -0.505 e. The Morgan fingerprint density at radius 1 is 1.16 bits per heavy atom. The number of hydrogen-bond donors (Lipinski definition) is 3. The van der Waals surface area contributed by atoms with Crippen molar-refractivity contribution in [1.82, 2.24) is 9.80 Å². The molecule has 1 fully saturated rings. The molecule has 2 aliphatic rings. The van der Waals surface area contributed by atoms with Crippen LogP contribution in [0.5, 0.6) is 5.75 Å². The Morgan fingerprint density at radius 2 is 1.89 bits per heavy atom. The first-order chi connectivity index (χ1) is 17.6. The zero-order valence-corrected chi connectivity index (χ0v) is 21.7. The monoisotopic (exact) mass is 506 g/mol. The SMILES string of the molecule is Cc1ccc(N2C(=O)C(=NNc3cccc(C4CCN(CC(=O)O)CC4)c3O)N=C2CN(C)C)cc1C. The highest BCUT2D eigenvalue weighted by atomic mass is 16.4. The van der Waals surface area contributed by atoms with Crippen molar-refractivity contribution in [1.29, 1.82) is 0 Å². The van der Waals surface area contributed by atoms with Crippen LogP contribution in [0, 0.1) is 13.8 Å². The lowest BCUT2D eigenvalue weighted by Gasteiger charge is -2.31. The van der Waals surface area contributed by atoms with Crippen LogP contribution >= 0.6 is 0 Å². The number of piperidine rings is 1. The lowest BCUT2D eigenvalue weighted by atomic mass is 9.88. The van der Waals surface area contributed by atoms with Gasteiger partial charge in [-0.15, -0.1) is 5.10 Å². The Kier molecular flexibility index (Phi) is 7.89. The largest absolute Gasteiger partial charge is 0.505 e. The number of amidine groups is 2. The normalized spacial score (nSPS) is 18.1. The molecule has 0 atom stereocenters. The van der Waals surface area contributed by atoms with Gasteiger partial charge >= 0.3 is 11.9 Å². The molecule has 10 nitrogen and oxygen atoms in total. The van der Waals surface area contributed by atoms with E-state index in [0.29, 0.717) is 31.2 Å². The van der Waals surface area contributed by atoms with Crippen LogP contribution in [0.2, 0.25) is 0 Å². The highest BCUT2D eigenvalue weighted by molar-refractivity contribution is 6.54. The standard InChI is InChI=1S/C27H34N6O4/c1-17-8-9-20(14-18(17)2)33-23(15-31(3)4)28-26(27(33)37)30-29-22-7-5-6-21(25(22)36)19-10-12-32(13-11-19)16-24(34)35/h5-9,14,19,29,36H,10-13,15-16H2,1-4H3,(H,34,35). The summed E-state index contributed by atoms with van der Waals surface area (Å²) in [7, 11) is 3.82. The number of carboxylic acid groups (broad SMARTS) is 1. The third kappa shape index (κ3) is 5.98. The van der Waals surface area contributed by atoms with Crippen molar-refractivity contribution < 1.29 is 19.8 Å². The van der Waals surface area contributed by atoms with Crippen molar-refractivity contribution in [3.8, 4) is 5.75 Å². The molecule has 0 spiro atoms. The van der Waals surface area contributed by atoms with E-state index in [-0.39, 0.29) is 30.0 Å². The third-order valence-electron chi connectivity index (χ3n) is 6.83. The highest BCUT2D eigenvalue weighted by Gasteiger charge is 2.33. The molecule has 2 aromatic rings. The summed E-state index contributed by atoms with van der Waals surface area (Å²) < 4.78 is 0. The average molecular weight is 507 g/mol. The maximum Gasteiger partial charge on any atom is 0.317 e. The molecular formula is C27H34N6O4. The summed E-state index contributed by atoms with van der Waals surface area (Å²) in [6.07, 6.45) is 1.50. The van der Waals surface area contributed by atoms with Gasteiger partial charge in [-0.3, -0.25) is 24.8 Å². The molecule has 10 heteroatoms. The summed E-state index contributed by atoms with van der Waals surface area (Å²) in [5.41, 5.74) is 6.97. The van der Waals surface area contributed by atoms with Crippen LogP contribution in [-0.4, -0.2) is 83.8 Å². The van der Waals surface area contributed by atoms with E-state index < -0.39 is 5.97 Å². The first-order valence-corrected chi connectivity index (χ1v) is 12.4. The smallest absolute Gasteiger partial charge is 0.317 e. The molecule has 1 saturated heterocycles. The van der Waals surface area contributed by atoms with Crippen molar-refractivity contribution in [2.75, 3.05) is 50.6 Å². The number of benzene rings is 2. The van der Waals surface area contributed by atoms with E-state index in [4.69, 9.17) is 5.11 Å². The number of phenols is 1. The molecule has 1 amide bonds. The molecule has 196 valence electrons. The van der Waals surface area contributed by atoms with Gasteiger partial charge in [-0.25, -0.2) is 4.99 Å². The summed E-state index contributed by atoms with van der Waals surface area (Å²) in [5.74, 6) is -0.392. The van der Waals surface area contributed by atoms with Gasteiger partial charge in [0.15, 0.2) is 0 Å². The number of likely N-dealkylation sites (N-methyl/N-ethyl adjacent to an activating group) is 1. The van der Waals surface area contributed by atoms with Gasteiger partial charge in [0.25, 0.3) is 0 Å². The minimum atomic E-state index is -0.833. The van der Waals surface area contributed by atoms with E-state index in [2.05, 4.69) is 15.5 Å². The van der Waals surface area contributed by atoms with Crippen LogP contribution < -0.4 is 10.3 Å². The number of anilines is 2. The Balaban J connectivity index is 1.53. The molecule has 0 saturated carbocycles. The number of hydrogen-bond acceptors (Lipinski definition) is 7. The summed E-state index contributed by atoms with van der Waals surface area (Å²) in [5, 5.41) is 24.3. The van der Waals surface area contributed by atoms with Crippen molar-refractivity contribution in [3.63, 3.8) is 0 Å². The number of nitrogens with one attached hydrogen (secondary N) is 1. The number of aliphatic carboxylic acids is 1. The van der Waals surface area contributed by atoms with Crippen LogP contribution in [0.1, 0.15) is 35.4 Å². The maximum absolute atomic E-state index is 13.3. The lowest BCUT2D eigenvalue weighted by Crippen LogP contribution is -2.39. The second-order valence-corrected chi connectivity index (χ2v) is 9.91. The molecule has 0 aromatic heterocycles. The fraction of sp³-hybridized carbons (Fsp3) is 0.407. The maximum atomic E-state index is 13.3. The number of nitrogens with zero attached hydrogens (tertiary/aromatic N) is 5. The van der Waals surface area contributed by atoms with Crippen molar-refractivity contribution >= 4 is 34.9 Å². The Hall–Kier alpha value is -3.76. The second kappa shape index (κ2) is 11.1. The molecule has 37 heavy (non-hydrogen) atoms. The number of para-hydroxylation sites is 1. The van der Waals surface area contributed by atoms with Crippen LogP contribution in [0.25, 0.3) is 0 Å². The number of hydrazone groups is 1. The van der Waals surface area contributed by atoms with Crippen molar-refractivity contribution in [2.45, 2.75) is 32.6 Å². The number of carboxylic acids is 1. The van der Waals surface area contributed by atoms with Crippen molar-refractivity contribution in [3.05, 3.63) is 53.1 Å². The number of carbonyl (C=O) groups excluding carboxylic acids is 1. The molecular weight excluding hydrogens is 472 g/mol. The van der Waals surface area contributed by atoms with Gasteiger partial charge in [0.2, 0.25) is 5.84 Å². The van der Waals surface area contributed by atoms with Gasteiger partial charge < -0.3 is 15.1 Å². The lowest BCUT2D eigenvalue weighted by molar-refractivity contribution is -0.138. The topological polar surface area (TPSA) is 121 Å². The average Bonchev–Trinajstić information content (AvgIpc) is 3.14. The third-order valence-corrected chi connectivity index (χ3v) is 6.83. The minimum absolute atomic E-state index is 0.0156. The molecule has 0 radical (unpaired) electrons. The number of aliphatic imine (C=N–C) groups is 1. The number of aryl methyl sites for hydroxylation is 2. The Bertz CT molecular complexity index is 1250. The van der Waals surface area contributed by atoms with Gasteiger partial charge in [-0.2, -0.15) is 0 Å².